The third-order valence-electron chi connectivity index (χ3n) is 8.17. The molecule has 4 aromatic carbocycles. The number of nitrogens with zero attached hydrogens (tertiary/aromatic N) is 3. The van der Waals surface area contributed by atoms with Gasteiger partial charge in [-0.05, 0) is 54.9 Å². The van der Waals surface area contributed by atoms with Gasteiger partial charge in [-0.25, -0.2) is 4.98 Å². The van der Waals surface area contributed by atoms with Crippen molar-refractivity contribution in [3.63, 3.8) is 0 Å². The van der Waals surface area contributed by atoms with E-state index in [2.05, 4.69) is 58.4 Å². The number of amides is 1. The maximum absolute atomic E-state index is 12.9. The van der Waals surface area contributed by atoms with Gasteiger partial charge in [0.1, 0.15) is 5.69 Å². The number of benzene rings is 4. The van der Waals surface area contributed by atoms with E-state index < -0.39 is 6.29 Å². The Bertz CT molecular complexity index is 1700. The highest BCUT2D eigenvalue weighted by Gasteiger charge is 2.33. The van der Waals surface area contributed by atoms with Crippen LogP contribution in [0.15, 0.2) is 109 Å². The number of nitrogens with one attached hydrogen (secondary N) is 1. The lowest BCUT2D eigenvalue weighted by Crippen LogP contribution is -2.38. The second-order valence-corrected chi connectivity index (χ2v) is 11.2. The van der Waals surface area contributed by atoms with E-state index in [4.69, 9.17) is 9.47 Å². The molecule has 0 aliphatic carbocycles. The molecule has 1 aliphatic heterocycles. The van der Waals surface area contributed by atoms with Crippen LogP contribution in [0.5, 0.6) is 0 Å². The van der Waals surface area contributed by atoms with Gasteiger partial charge >= 0.3 is 0 Å². The predicted octanol–water partition coefficient (Wildman–Crippen LogP) is 6.61. The van der Waals surface area contributed by atoms with Gasteiger partial charge in [0.15, 0.2) is 6.29 Å². The maximum Gasteiger partial charge on any atom is 0.275 e. The number of likely N-dealkylation sites (N-methyl/N-ethyl adjacent to an activating group) is 1. The van der Waals surface area contributed by atoms with E-state index >= 15 is 0 Å². The summed E-state index contributed by atoms with van der Waals surface area (Å²) in [6.07, 6.45) is 1.32. The summed E-state index contributed by atoms with van der Waals surface area (Å²) in [5.41, 5.74) is 6.30. The largest absolute Gasteiger partial charge is 0.392 e. The third-order valence-corrected chi connectivity index (χ3v) is 8.17. The number of fused-ring (bicyclic) bond motifs is 1. The topological polar surface area (TPSA) is 96.8 Å². The van der Waals surface area contributed by atoms with Crippen molar-refractivity contribution in [2.75, 3.05) is 18.9 Å². The number of aromatic nitrogens is 2. The zero-order valence-corrected chi connectivity index (χ0v) is 24.8. The van der Waals surface area contributed by atoms with Gasteiger partial charge in [0, 0.05) is 30.3 Å². The summed E-state index contributed by atoms with van der Waals surface area (Å²) in [5.74, 6) is -0.330. The smallest absolute Gasteiger partial charge is 0.275 e. The summed E-state index contributed by atoms with van der Waals surface area (Å²) >= 11 is 0. The number of carbonyl (C=O) groups excluding carboxylic acids is 1. The van der Waals surface area contributed by atoms with E-state index in [0.29, 0.717) is 17.6 Å². The second kappa shape index (κ2) is 13.4. The van der Waals surface area contributed by atoms with Crippen LogP contribution >= 0.6 is 0 Å². The molecule has 1 aromatic heterocycles. The molecule has 6 rings (SSSR count). The van der Waals surface area contributed by atoms with Crippen LogP contribution in [0.3, 0.4) is 0 Å². The first kappa shape index (κ1) is 29.6. The molecule has 1 amide bonds. The number of aliphatic hydroxyl groups is 1. The van der Waals surface area contributed by atoms with Crippen molar-refractivity contribution in [3.05, 3.63) is 137 Å². The van der Waals surface area contributed by atoms with Gasteiger partial charge in [0.05, 0.1) is 36.0 Å². The van der Waals surface area contributed by atoms with Crippen LogP contribution in [-0.2, 0) is 16.1 Å². The predicted molar refractivity (Wildman–Crippen MR) is 170 cm³/mol. The Balaban J connectivity index is 1.18. The summed E-state index contributed by atoms with van der Waals surface area (Å²) in [6, 6.07) is 33.5. The van der Waals surface area contributed by atoms with Crippen LogP contribution in [-0.4, -0.2) is 45.6 Å². The molecular formula is C36H36N4O4. The highest BCUT2D eigenvalue weighted by Crippen LogP contribution is 2.39. The molecule has 4 atom stereocenters. The van der Waals surface area contributed by atoms with Gasteiger partial charge in [0.2, 0.25) is 0 Å². The molecule has 2 heterocycles. The minimum atomic E-state index is -0.590. The quantitative estimate of drug-likeness (QED) is 0.200. The maximum atomic E-state index is 12.9. The van der Waals surface area contributed by atoms with E-state index in [1.165, 1.54) is 11.8 Å². The van der Waals surface area contributed by atoms with E-state index in [-0.39, 0.29) is 36.5 Å². The van der Waals surface area contributed by atoms with Crippen molar-refractivity contribution in [3.8, 4) is 0 Å². The zero-order valence-electron chi connectivity index (χ0n) is 24.8. The molecule has 5 aromatic rings. The summed E-state index contributed by atoms with van der Waals surface area (Å²) in [7, 11) is 2.12. The van der Waals surface area contributed by atoms with E-state index in [1.807, 2.05) is 78.9 Å². The Morgan fingerprint density at radius 3 is 2.32 bits per heavy atom. The van der Waals surface area contributed by atoms with Gasteiger partial charge in [-0.15, -0.1) is 0 Å². The van der Waals surface area contributed by atoms with Crippen LogP contribution in [0, 0.1) is 0 Å². The van der Waals surface area contributed by atoms with Crippen molar-refractivity contribution in [1.82, 2.24) is 14.9 Å². The van der Waals surface area contributed by atoms with Crippen molar-refractivity contribution in [2.45, 2.75) is 44.5 Å². The fraction of sp³-hybridized carbons (Fsp3) is 0.250. The van der Waals surface area contributed by atoms with Crippen molar-refractivity contribution >= 4 is 22.6 Å². The Morgan fingerprint density at radius 1 is 0.909 bits per heavy atom. The summed E-state index contributed by atoms with van der Waals surface area (Å²) in [5, 5.41) is 12.4. The number of aliphatic hydroxyl groups excluding tert-OH is 1. The second-order valence-electron chi connectivity index (χ2n) is 11.2. The Morgan fingerprint density at radius 2 is 1.59 bits per heavy atom. The van der Waals surface area contributed by atoms with Gasteiger partial charge in [-0.1, -0.05) is 78.9 Å². The van der Waals surface area contributed by atoms with Crippen LogP contribution in [0.2, 0.25) is 0 Å². The monoisotopic (exact) mass is 588 g/mol. The molecule has 8 heteroatoms. The van der Waals surface area contributed by atoms with Gasteiger partial charge in [-0.3, -0.25) is 14.7 Å². The first-order valence-corrected chi connectivity index (χ1v) is 14.9. The number of ether oxygens (including phenoxy) is 2. The minimum absolute atomic E-state index is 0.00133. The van der Waals surface area contributed by atoms with Gasteiger partial charge < -0.3 is 19.9 Å². The molecule has 0 saturated carbocycles. The molecule has 2 N–H and O–H groups in total. The molecule has 224 valence electrons. The lowest BCUT2D eigenvalue weighted by Gasteiger charge is -2.39. The number of hydrogen-bond acceptors (Lipinski definition) is 7. The lowest BCUT2D eigenvalue weighted by atomic mass is 9.99. The SMILES string of the molecule is C[C@@H](c1ccccc1)N(C)C[C@@H]1C[C@H](c2ccc(CO)cc2)O[C@H](c2ccc(NC(=O)c3cnc4ccccc4n3)cc2)O1. The Hall–Kier alpha value is -4.47. The highest BCUT2D eigenvalue weighted by atomic mass is 16.7. The third kappa shape index (κ3) is 6.85. The normalized spacial score (nSPS) is 19.1. The van der Waals surface area contributed by atoms with Crippen LogP contribution < -0.4 is 5.32 Å². The Kier molecular flexibility index (Phi) is 9.04. The van der Waals surface area contributed by atoms with Crippen molar-refractivity contribution in [1.29, 1.82) is 0 Å². The van der Waals surface area contributed by atoms with E-state index in [9.17, 15) is 9.90 Å². The first-order chi connectivity index (χ1) is 21.5. The average Bonchev–Trinajstić information content (AvgIpc) is 3.08. The molecule has 44 heavy (non-hydrogen) atoms. The number of para-hydroxylation sites is 2. The molecule has 0 radical (unpaired) electrons. The summed E-state index contributed by atoms with van der Waals surface area (Å²) < 4.78 is 13.1. The standard InChI is InChI=1S/C36H36N4O4/c1-24(26-8-4-3-5-9-26)40(2)22-30-20-34(27-14-12-25(23-41)13-15-27)44-36(43-30)28-16-18-29(19-17-28)38-35(42)33-21-37-31-10-6-7-11-32(31)39-33/h3-19,21,24,30,34,36,41H,20,22-23H2,1-2H3,(H,38,42)/t24-,30-,34+,36+/m0/s1. The fourth-order valence-electron chi connectivity index (χ4n) is 5.48. The van der Waals surface area contributed by atoms with Crippen LogP contribution in [0.25, 0.3) is 11.0 Å². The van der Waals surface area contributed by atoms with E-state index in [1.54, 1.807) is 0 Å². The first-order valence-electron chi connectivity index (χ1n) is 14.9. The number of anilines is 1. The fourth-order valence-corrected chi connectivity index (χ4v) is 5.48. The molecular weight excluding hydrogens is 552 g/mol. The molecule has 8 nitrogen and oxygen atoms in total. The molecule has 0 spiro atoms. The summed E-state index contributed by atoms with van der Waals surface area (Å²) in [6.45, 7) is 2.93. The minimum Gasteiger partial charge on any atom is -0.392 e. The molecule has 0 unspecified atom stereocenters. The number of rotatable bonds is 9. The lowest BCUT2D eigenvalue weighted by molar-refractivity contribution is -0.253. The van der Waals surface area contributed by atoms with E-state index in [0.717, 1.165) is 28.8 Å². The molecule has 0 bridgehead atoms. The molecule has 1 fully saturated rings. The number of hydrogen-bond donors (Lipinski definition) is 2. The zero-order chi connectivity index (χ0) is 30.5. The van der Waals surface area contributed by atoms with Gasteiger partial charge in [-0.2, -0.15) is 0 Å². The van der Waals surface area contributed by atoms with Gasteiger partial charge in [0.25, 0.3) is 5.91 Å². The van der Waals surface area contributed by atoms with Crippen molar-refractivity contribution in [2.24, 2.45) is 0 Å². The van der Waals surface area contributed by atoms with Crippen molar-refractivity contribution < 1.29 is 19.4 Å². The molecule has 1 saturated heterocycles. The molecule has 1 aliphatic rings. The van der Waals surface area contributed by atoms with Crippen LogP contribution in [0.4, 0.5) is 5.69 Å². The highest BCUT2D eigenvalue weighted by molar-refractivity contribution is 6.03. The summed E-state index contributed by atoms with van der Waals surface area (Å²) in [4.78, 5) is 24.0. The Labute approximate surface area is 257 Å². The van der Waals surface area contributed by atoms with Crippen LogP contribution in [0.1, 0.15) is 64.5 Å². The average molecular weight is 589 g/mol. The number of carbonyl (C=O) groups is 1.